The van der Waals surface area contributed by atoms with Crippen LogP contribution < -0.4 is 5.32 Å². The highest BCUT2D eigenvalue weighted by molar-refractivity contribution is 4.92. The van der Waals surface area contributed by atoms with E-state index in [0.717, 1.165) is 45.1 Å². The lowest BCUT2D eigenvalue weighted by Gasteiger charge is -2.45. The van der Waals surface area contributed by atoms with E-state index in [1.165, 1.54) is 38.5 Å². The summed E-state index contributed by atoms with van der Waals surface area (Å²) in [7, 11) is 0. The Hall–Kier alpha value is -0.120. The summed E-state index contributed by atoms with van der Waals surface area (Å²) in [5, 5.41) is 3.75. The van der Waals surface area contributed by atoms with Gasteiger partial charge in [0.1, 0.15) is 0 Å². The first-order valence-electron chi connectivity index (χ1n) is 8.75. The molecule has 3 heteroatoms. The number of hydrogen-bond donors (Lipinski definition) is 1. The molecular weight excluding hydrogens is 250 g/mol. The molecule has 0 saturated carbocycles. The summed E-state index contributed by atoms with van der Waals surface area (Å²) in [6.45, 7) is 8.32. The largest absolute Gasteiger partial charge is 0.381 e. The van der Waals surface area contributed by atoms with E-state index in [-0.39, 0.29) is 5.60 Å². The van der Waals surface area contributed by atoms with Crippen molar-refractivity contribution in [2.45, 2.75) is 76.9 Å². The fourth-order valence-electron chi connectivity index (χ4n) is 3.88. The van der Waals surface area contributed by atoms with E-state index in [0.29, 0.717) is 6.04 Å². The minimum atomic E-state index is 0.138. The maximum Gasteiger partial charge on any atom is 0.0729 e. The van der Waals surface area contributed by atoms with Gasteiger partial charge in [-0.25, -0.2) is 0 Å². The molecule has 2 unspecified atom stereocenters. The minimum Gasteiger partial charge on any atom is -0.381 e. The lowest BCUT2D eigenvalue weighted by atomic mass is 9.76. The van der Waals surface area contributed by atoms with Gasteiger partial charge in [-0.1, -0.05) is 33.1 Å². The molecule has 2 rings (SSSR count). The Morgan fingerprint density at radius 3 is 2.65 bits per heavy atom. The molecule has 118 valence electrons. The third kappa shape index (κ3) is 4.44. The second-order valence-electron chi connectivity index (χ2n) is 6.56. The average molecular weight is 283 g/mol. The molecule has 2 saturated heterocycles. The maximum absolute atomic E-state index is 6.18. The molecule has 2 fully saturated rings. The van der Waals surface area contributed by atoms with Crippen LogP contribution in [0, 0.1) is 5.92 Å². The van der Waals surface area contributed by atoms with E-state index in [1.54, 1.807) is 0 Å². The van der Waals surface area contributed by atoms with Crippen LogP contribution in [0.25, 0.3) is 0 Å². The highest BCUT2D eigenvalue weighted by Gasteiger charge is 2.40. The fourth-order valence-corrected chi connectivity index (χ4v) is 3.88. The Morgan fingerprint density at radius 2 is 1.95 bits per heavy atom. The predicted molar refractivity (Wildman–Crippen MR) is 83.1 cm³/mol. The van der Waals surface area contributed by atoms with Gasteiger partial charge in [-0.2, -0.15) is 0 Å². The lowest BCUT2D eigenvalue weighted by Crippen LogP contribution is -2.49. The number of ether oxygens (including phenoxy) is 2. The molecule has 0 bridgehead atoms. The molecule has 0 aliphatic carbocycles. The molecule has 0 aromatic carbocycles. The maximum atomic E-state index is 6.18. The monoisotopic (exact) mass is 283 g/mol. The van der Waals surface area contributed by atoms with Crippen molar-refractivity contribution in [1.29, 1.82) is 0 Å². The van der Waals surface area contributed by atoms with Crippen molar-refractivity contribution in [2.75, 3.05) is 26.4 Å². The summed E-state index contributed by atoms with van der Waals surface area (Å²) in [5.41, 5.74) is 0.138. The van der Waals surface area contributed by atoms with Gasteiger partial charge in [-0.05, 0) is 44.6 Å². The molecular formula is C17H33NO2. The Kier molecular flexibility index (Phi) is 6.79. The third-order valence-electron chi connectivity index (χ3n) is 5.09. The van der Waals surface area contributed by atoms with E-state index >= 15 is 0 Å². The molecule has 2 aliphatic rings. The number of unbranched alkanes of at least 4 members (excludes halogenated alkanes) is 2. The Morgan fingerprint density at radius 1 is 1.15 bits per heavy atom. The predicted octanol–water partition coefficient (Wildman–Crippen LogP) is 3.52. The third-order valence-corrected chi connectivity index (χ3v) is 5.09. The van der Waals surface area contributed by atoms with Crippen LogP contribution in [0.4, 0.5) is 0 Å². The van der Waals surface area contributed by atoms with Crippen molar-refractivity contribution in [1.82, 2.24) is 5.32 Å². The molecule has 0 radical (unpaired) electrons. The van der Waals surface area contributed by atoms with Crippen LogP contribution >= 0.6 is 0 Å². The Labute approximate surface area is 124 Å². The molecule has 1 spiro atoms. The van der Waals surface area contributed by atoms with Gasteiger partial charge < -0.3 is 14.8 Å². The van der Waals surface area contributed by atoms with Gasteiger partial charge in [0.25, 0.3) is 0 Å². The van der Waals surface area contributed by atoms with Crippen LogP contribution in [0.1, 0.15) is 65.2 Å². The molecule has 20 heavy (non-hydrogen) atoms. The molecule has 0 amide bonds. The summed E-state index contributed by atoms with van der Waals surface area (Å²) in [6.07, 6.45) is 10.0. The lowest BCUT2D eigenvalue weighted by molar-refractivity contribution is -0.150. The van der Waals surface area contributed by atoms with E-state index in [9.17, 15) is 0 Å². The zero-order valence-electron chi connectivity index (χ0n) is 13.5. The van der Waals surface area contributed by atoms with Gasteiger partial charge in [0.2, 0.25) is 0 Å². The fraction of sp³-hybridized carbons (Fsp3) is 1.00. The summed E-state index contributed by atoms with van der Waals surface area (Å²) in [6, 6.07) is 0.690. The second kappa shape index (κ2) is 8.35. The van der Waals surface area contributed by atoms with Gasteiger partial charge in [0, 0.05) is 25.9 Å². The molecule has 1 N–H and O–H groups in total. The molecule has 2 aliphatic heterocycles. The van der Waals surface area contributed by atoms with Crippen LogP contribution in [0.2, 0.25) is 0 Å². The van der Waals surface area contributed by atoms with Crippen LogP contribution in [0.5, 0.6) is 0 Å². The summed E-state index contributed by atoms with van der Waals surface area (Å²) in [4.78, 5) is 0. The Balaban J connectivity index is 1.89. The van der Waals surface area contributed by atoms with Gasteiger partial charge in [-0.15, -0.1) is 0 Å². The first-order chi connectivity index (χ1) is 9.79. The van der Waals surface area contributed by atoms with Crippen LogP contribution in [-0.2, 0) is 9.47 Å². The van der Waals surface area contributed by atoms with Crippen LogP contribution in [0.3, 0.4) is 0 Å². The first-order valence-corrected chi connectivity index (χ1v) is 8.75. The van der Waals surface area contributed by atoms with Gasteiger partial charge >= 0.3 is 0 Å². The van der Waals surface area contributed by atoms with E-state index in [2.05, 4.69) is 19.2 Å². The normalized spacial score (nSPS) is 27.6. The summed E-state index contributed by atoms with van der Waals surface area (Å²) >= 11 is 0. The summed E-state index contributed by atoms with van der Waals surface area (Å²) < 4.78 is 11.7. The second-order valence-corrected chi connectivity index (χ2v) is 6.56. The number of rotatable bonds is 7. The molecule has 0 aromatic heterocycles. The van der Waals surface area contributed by atoms with Crippen LogP contribution in [-0.4, -0.2) is 38.0 Å². The van der Waals surface area contributed by atoms with Gasteiger partial charge in [-0.3, -0.25) is 0 Å². The van der Waals surface area contributed by atoms with Crippen molar-refractivity contribution >= 4 is 0 Å². The van der Waals surface area contributed by atoms with Crippen molar-refractivity contribution < 1.29 is 9.47 Å². The standard InChI is InChI=1S/C17H33NO2/c1-3-5-6-7-16(18-4-2)15-8-11-20-17(14-15)9-12-19-13-10-17/h15-16,18H,3-14H2,1-2H3. The highest BCUT2D eigenvalue weighted by atomic mass is 16.5. The van der Waals surface area contributed by atoms with Crippen LogP contribution in [0.15, 0.2) is 0 Å². The number of nitrogens with one attached hydrogen (secondary N) is 1. The summed E-state index contributed by atoms with van der Waals surface area (Å²) in [5.74, 6) is 0.790. The molecule has 2 heterocycles. The average Bonchev–Trinajstić information content (AvgIpc) is 2.47. The first kappa shape index (κ1) is 16.3. The topological polar surface area (TPSA) is 30.5 Å². The number of hydrogen-bond acceptors (Lipinski definition) is 3. The van der Waals surface area contributed by atoms with Crippen molar-refractivity contribution in [3.05, 3.63) is 0 Å². The SMILES string of the molecule is CCCCCC(NCC)C1CCOC2(CCOCC2)C1. The smallest absolute Gasteiger partial charge is 0.0729 e. The zero-order chi connectivity index (χ0) is 14.3. The van der Waals surface area contributed by atoms with Gasteiger partial charge in [0.05, 0.1) is 5.60 Å². The molecule has 0 aromatic rings. The minimum absolute atomic E-state index is 0.138. The van der Waals surface area contributed by atoms with Gasteiger partial charge in [0.15, 0.2) is 0 Å². The van der Waals surface area contributed by atoms with E-state index < -0.39 is 0 Å². The highest BCUT2D eigenvalue weighted by Crippen LogP contribution is 2.39. The van der Waals surface area contributed by atoms with E-state index in [1.807, 2.05) is 0 Å². The molecule has 3 nitrogen and oxygen atoms in total. The Bertz CT molecular complexity index is 258. The van der Waals surface area contributed by atoms with Crippen molar-refractivity contribution in [3.63, 3.8) is 0 Å². The zero-order valence-corrected chi connectivity index (χ0v) is 13.5. The van der Waals surface area contributed by atoms with Crippen molar-refractivity contribution in [2.24, 2.45) is 5.92 Å². The quantitative estimate of drug-likeness (QED) is 0.725. The molecule has 2 atom stereocenters. The van der Waals surface area contributed by atoms with E-state index in [4.69, 9.17) is 9.47 Å². The van der Waals surface area contributed by atoms with Crippen molar-refractivity contribution in [3.8, 4) is 0 Å².